The molecule has 6 heteroatoms. The van der Waals surface area contributed by atoms with Gasteiger partial charge >= 0.3 is 17.1 Å². The van der Waals surface area contributed by atoms with Crippen molar-refractivity contribution < 1.29 is 0 Å². The predicted molar refractivity (Wildman–Crippen MR) is 83.9 cm³/mol. The number of rotatable bonds is 6. The quantitative estimate of drug-likeness (QED) is 0.744. The van der Waals surface area contributed by atoms with Crippen LogP contribution in [-0.4, -0.2) is 13.7 Å². The van der Waals surface area contributed by atoms with E-state index in [0.29, 0.717) is 0 Å². The van der Waals surface area contributed by atoms with Gasteiger partial charge in [-0.3, -0.25) is 0 Å². The van der Waals surface area contributed by atoms with Crippen LogP contribution >= 0.6 is 0 Å². The third-order valence-electron chi connectivity index (χ3n) is 3.48. The minimum absolute atomic E-state index is 0.530. The lowest BCUT2D eigenvalue weighted by Gasteiger charge is -2.20. The first-order valence-corrected chi connectivity index (χ1v) is 6.69. The monoisotopic (exact) mass is 291 g/mol. The van der Waals surface area contributed by atoms with Gasteiger partial charge in [0.15, 0.2) is 0 Å². The number of hydrogen-bond donors (Lipinski definition) is 0. The second kappa shape index (κ2) is 6.39. The van der Waals surface area contributed by atoms with Crippen LogP contribution in [0.15, 0.2) is 52.3 Å². The van der Waals surface area contributed by atoms with E-state index in [0.717, 1.165) is 13.7 Å². The Morgan fingerprint density at radius 2 is 0.857 bits per heavy atom. The van der Waals surface area contributed by atoms with Crippen molar-refractivity contribution in [2.75, 3.05) is 0 Å². The standard InChI is InChI=1S/C15H21N3O3/c1-7-10(4)16-13(19)17(11(5)8-2)15(21)18(14(16)20)12(6)9-3/h7-12H,1-3H2,4-6H3. The van der Waals surface area contributed by atoms with Gasteiger partial charge in [0, 0.05) is 0 Å². The molecule has 1 aromatic heterocycles. The van der Waals surface area contributed by atoms with Crippen LogP contribution in [-0.2, 0) is 0 Å². The number of allylic oxidation sites excluding steroid dienone is 3. The first-order valence-electron chi connectivity index (χ1n) is 6.69. The second-order valence-electron chi connectivity index (χ2n) is 4.89. The average molecular weight is 291 g/mol. The molecule has 0 N–H and O–H groups in total. The van der Waals surface area contributed by atoms with Crippen LogP contribution in [0.2, 0.25) is 0 Å². The first-order chi connectivity index (χ1) is 9.81. The van der Waals surface area contributed by atoms with Gasteiger partial charge in [0.05, 0.1) is 18.1 Å². The summed E-state index contributed by atoms with van der Waals surface area (Å²) in [4.78, 5) is 37.4. The molecule has 3 atom stereocenters. The van der Waals surface area contributed by atoms with E-state index < -0.39 is 35.2 Å². The van der Waals surface area contributed by atoms with Crippen LogP contribution in [0.4, 0.5) is 0 Å². The third-order valence-corrected chi connectivity index (χ3v) is 3.48. The predicted octanol–water partition coefficient (Wildman–Crippen LogP) is 1.41. The Morgan fingerprint density at radius 3 is 1.00 bits per heavy atom. The molecule has 0 amide bonds. The summed E-state index contributed by atoms with van der Waals surface area (Å²) in [6.07, 6.45) is 4.41. The van der Waals surface area contributed by atoms with E-state index in [4.69, 9.17) is 0 Å². The van der Waals surface area contributed by atoms with Gasteiger partial charge in [0.2, 0.25) is 0 Å². The number of nitrogens with zero attached hydrogens (tertiary/aromatic N) is 3. The molecule has 6 nitrogen and oxygen atoms in total. The largest absolute Gasteiger partial charge is 0.337 e. The number of aromatic nitrogens is 3. The molecule has 0 fully saturated rings. The molecule has 1 heterocycles. The molecular formula is C15H21N3O3. The van der Waals surface area contributed by atoms with E-state index in [1.165, 1.54) is 18.2 Å². The van der Waals surface area contributed by atoms with Crippen LogP contribution in [0.5, 0.6) is 0 Å². The fourth-order valence-corrected chi connectivity index (χ4v) is 1.96. The summed E-state index contributed by atoms with van der Waals surface area (Å²) >= 11 is 0. The summed E-state index contributed by atoms with van der Waals surface area (Å²) < 4.78 is 3.02. The van der Waals surface area contributed by atoms with Crippen LogP contribution in [0.25, 0.3) is 0 Å². The summed E-state index contributed by atoms with van der Waals surface area (Å²) in [5, 5.41) is 0. The number of hydrogen-bond acceptors (Lipinski definition) is 3. The summed E-state index contributed by atoms with van der Waals surface area (Å²) in [5.74, 6) is 0. The highest BCUT2D eigenvalue weighted by Gasteiger charge is 2.21. The summed E-state index contributed by atoms with van der Waals surface area (Å²) in [6, 6.07) is -1.59. The van der Waals surface area contributed by atoms with Crippen LogP contribution in [0, 0.1) is 0 Å². The fraction of sp³-hybridized carbons (Fsp3) is 0.400. The van der Waals surface area contributed by atoms with Crippen molar-refractivity contribution in [1.29, 1.82) is 0 Å². The Balaban J connectivity index is 4.02. The maximum absolute atomic E-state index is 12.5. The molecule has 1 aromatic rings. The molecule has 0 aliphatic rings. The lowest BCUT2D eigenvalue weighted by molar-refractivity contribution is 0.414. The molecule has 0 aliphatic heterocycles. The Hall–Kier alpha value is -2.37. The highest BCUT2D eigenvalue weighted by molar-refractivity contribution is 4.95. The van der Waals surface area contributed by atoms with Crippen LogP contribution in [0.1, 0.15) is 38.9 Å². The Labute approximate surface area is 123 Å². The molecule has 0 radical (unpaired) electrons. The smallest absolute Gasteiger partial charge is 0.247 e. The van der Waals surface area contributed by atoms with Gasteiger partial charge < -0.3 is 0 Å². The van der Waals surface area contributed by atoms with Crippen molar-refractivity contribution in [1.82, 2.24) is 13.7 Å². The molecule has 3 unspecified atom stereocenters. The second-order valence-corrected chi connectivity index (χ2v) is 4.89. The van der Waals surface area contributed by atoms with E-state index in [2.05, 4.69) is 19.7 Å². The van der Waals surface area contributed by atoms with Gasteiger partial charge in [-0.05, 0) is 20.8 Å². The molecule has 0 bridgehead atoms. The lowest BCUT2D eigenvalue weighted by Crippen LogP contribution is -2.56. The maximum Gasteiger partial charge on any atom is 0.337 e. The van der Waals surface area contributed by atoms with Crippen LogP contribution < -0.4 is 17.1 Å². The van der Waals surface area contributed by atoms with Crippen molar-refractivity contribution in [2.24, 2.45) is 0 Å². The molecule has 114 valence electrons. The molecule has 0 aliphatic carbocycles. The molecule has 0 aromatic carbocycles. The van der Waals surface area contributed by atoms with Crippen LogP contribution in [0.3, 0.4) is 0 Å². The Morgan fingerprint density at radius 1 is 0.667 bits per heavy atom. The van der Waals surface area contributed by atoms with Crippen molar-refractivity contribution in [3.8, 4) is 0 Å². The normalized spacial score (nSPS) is 15.0. The van der Waals surface area contributed by atoms with Crippen molar-refractivity contribution >= 4 is 0 Å². The third kappa shape index (κ3) is 2.74. The van der Waals surface area contributed by atoms with E-state index >= 15 is 0 Å². The topological polar surface area (TPSA) is 66.0 Å². The van der Waals surface area contributed by atoms with E-state index in [1.807, 2.05) is 0 Å². The SMILES string of the molecule is C=CC(C)n1c(=O)n(C(C)C=C)c(=O)n(C(C)C=C)c1=O. The minimum Gasteiger partial charge on any atom is -0.247 e. The lowest BCUT2D eigenvalue weighted by atomic mass is 10.3. The van der Waals surface area contributed by atoms with Crippen molar-refractivity contribution in [3.05, 3.63) is 69.4 Å². The summed E-state index contributed by atoms with van der Waals surface area (Å²) in [6.45, 7) is 15.8. The zero-order chi connectivity index (χ0) is 16.3. The molecule has 1 rings (SSSR count). The van der Waals surface area contributed by atoms with Gasteiger partial charge in [-0.2, -0.15) is 0 Å². The molecule has 21 heavy (non-hydrogen) atoms. The van der Waals surface area contributed by atoms with E-state index in [-0.39, 0.29) is 0 Å². The summed E-state index contributed by atoms with van der Waals surface area (Å²) in [5.41, 5.74) is -2.01. The van der Waals surface area contributed by atoms with Gasteiger partial charge in [0.1, 0.15) is 0 Å². The molecular weight excluding hydrogens is 270 g/mol. The molecule has 0 spiro atoms. The van der Waals surface area contributed by atoms with Gasteiger partial charge in [-0.1, -0.05) is 18.2 Å². The highest BCUT2D eigenvalue weighted by Crippen LogP contribution is 2.04. The Bertz CT molecular complexity index is 606. The highest BCUT2D eigenvalue weighted by atomic mass is 16.2. The Kier molecular flexibility index (Phi) is 5.07. The molecule has 0 saturated carbocycles. The minimum atomic E-state index is -0.669. The zero-order valence-electron chi connectivity index (χ0n) is 12.7. The van der Waals surface area contributed by atoms with Gasteiger partial charge in [-0.25, -0.2) is 28.1 Å². The average Bonchev–Trinajstić information content (AvgIpc) is 2.46. The van der Waals surface area contributed by atoms with Gasteiger partial charge in [-0.15, -0.1) is 19.7 Å². The van der Waals surface area contributed by atoms with E-state index in [1.54, 1.807) is 20.8 Å². The summed E-state index contributed by atoms with van der Waals surface area (Å²) in [7, 11) is 0. The van der Waals surface area contributed by atoms with Crippen molar-refractivity contribution in [3.63, 3.8) is 0 Å². The van der Waals surface area contributed by atoms with E-state index in [9.17, 15) is 14.4 Å². The maximum atomic E-state index is 12.5. The van der Waals surface area contributed by atoms with Crippen molar-refractivity contribution in [2.45, 2.75) is 38.9 Å². The fourth-order valence-electron chi connectivity index (χ4n) is 1.96. The van der Waals surface area contributed by atoms with Gasteiger partial charge in [0.25, 0.3) is 0 Å². The first kappa shape index (κ1) is 16.7. The molecule has 0 saturated heterocycles. The zero-order valence-corrected chi connectivity index (χ0v) is 12.7.